The highest BCUT2D eigenvalue weighted by Crippen LogP contribution is 2.28. The lowest BCUT2D eigenvalue weighted by Crippen LogP contribution is -2.53. The van der Waals surface area contributed by atoms with Gasteiger partial charge in [0.2, 0.25) is 0 Å². The molecule has 0 spiro atoms. The van der Waals surface area contributed by atoms with Crippen molar-refractivity contribution in [1.29, 1.82) is 0 Å². The Kier molecular flexibility index (Phi) is 4.38. The van der Waals surface area contributed by atoms with Crippen LogP contribution in [-0.4, -0.2) is 50.3 Å². The van der Waals surface area contributed by atoms with E-state index in [0.29, 0.717) is 12.1 Å². The summed E-state index contributed by atoms with van der Waals surface area (Å²) in [5.41, 5.74) is 1.29. The number of hydrogen-bond donors (Lipinski definition) is 1. The van der Waals surface area contributed by atoms with E-state index in [1.54, 1.807) is 0 Å². The molecule has 0 aromatic carbocycles. The highest BCUT2D eigenvalue weighted by molar-refractivity contribution is 5.02. The minimum atomic E-state index is 0.491. The molecule has 0 bridgehead atoms. The normalized spacial score (nSPS) is 31.1. The van der Waals surface area contributed by atoms with Gasteiger partial charge in [-0.3, -0.25) is 4.90 Å². The molecule has 1 aliphatic heterocycles. The Morgan fingerprint density at radius 3 is 3.06 bits per heavy atom. The average molecular weight is 224 g/mol. The summed E-state index contributed by atoms with van der Waals surface area (Å²) in [5, 5.41) is 3.17. The topological polar surface area (TPSA) is 24.5 Å². The summed E-state index contributed by atoms with van der Waals surface area (Å²) < 4.78 is 5.87. The van der Waals surface area contributed by atoms with Crippen LogP contribution in [0.15, 0.2) is 12.2 Å². The Morgan fingerprint density at radius 2 is 2.25 bits per heavy atom. The summed E-state index contributed by atoms with van der Waals surface area (Å²) in [7, 11) is 1.98. The van der Waals surface area contributed by atoms with Crippen LogP contribution in [0.3, 0.4) is 0 Å². The first kappa shape index (κ1) is 12.1. The van der Waals surface area contributed by atoms with Crippen LogP contribution in [-0.2, 0) is 4.74 Å². The van der Waals surface area contributed by atoms with Crippen LogP contribution in [0.1, 0.15) is 25.7 Å². The fourth-order valence-corrected chi connectivity index (χ4v) is 2.97. The van der Waals surface area contributed by atoms with Crippen LogP contribution < -0.4 is 5.32 Å². The molecule has 2 rings (SSSR count). The number of fused-ring (bicyclic) bond motifs is 1. The SMILES string of the molecule is C=C(CNC)CN1CCOC2CCCCC21. The first-order valence-electron chi connectivity index (χ1n) is 6.48. The summed E-state index contributed by atoms with van der Waals surface area (Å²) in [4.78, 5) is 2.58. The van der Waals surface area contributed by atoms with Crippen molar-refractivity contribution < 1.29 is 4.74 Å². The Labute approximate surface area is 98.8 Å². The van der Waals surface area contributed by atoms with Gasteiger partial charge in [0, 0.05) is 25.7 Å². The molecule has 2 fully saturated rings. The zero-order chi connectivity index (χ0) is 11.4. The summed E-state index contributed by atoms with van der Waals surface area (Å²) >= 11 is 0. The van der Waals surface area contributed by atoms with E-state index in [0.717, 1.165) is 26.2 Å². The minimum absolute atomic E-state index is 0.491. The van der Waals surface area contributed by atoms with Crippen molar-refractivity contribution in [1.82, 2.24) is 10.2 Å². The molecule has 1 saturated carbocycles. The second-order valence-electron chi connectivity index (χ2n) is 5.01. The van der Waals surface area contributed by atoms with E-state index in [9.17, 15) is 0 Å². The molecule has 2 unspecified atom stereocenters. The molecule has 1 aliphatic carbocycles. The van der Waals surface area contributed by atoms with Crippen molar-refractivity contribution in [2.75, 3.05) is 33.3 Å². The zero-order valence-electron chi connectivity index (χ0n) is 10.4. The van der Waals surface area contributed by atoms with Crippen LogP contribution in [0.25, 0.3) is 0 Å². The monoisotopic (exact) mass is 224 g/mol. The Hall–Kier alpha value is -0.380. The van der Waals surface area contributed by atoms with Gasteiger partial charge in [-0.2, -0.15) is 0 Å². The van der Waals surface area contributed by atoms with Crippen molar-refractivity contribution in [3.63, 3.8) is 0 Å². The molecule has 16 heavy (non-hydrogen) atoms. The van der Waals surface area contributed by atoms with Gasteiger partial charge in [-0.1, -0.05) is 19.4 Å². The van der Waals surface area contributed by atoms with E-state index in [4.69, 9.17) is 4.74 Å². The van der Waals surface area contributed by atoms with E-state index in [1.807, 2.05) is 7.05 Å². The summed E-state index contributed by atoms with van der Waals surface area (Å²) in [6, 6.07) is 0.649. The molecule has 2 aliphatic rings. The third-order valence-electron chi connectivity index (χ3n) is 3.70. The lowest BCUT2D eigenvalue weighted by molar-refractivity contribution is -0.0849. The van der Waals surface area contributed by atoms with Gasteiger partial charge in [-0.15, -0.1) is 0 Å². The van der Waals surface area contributed by atoms with Gasteiger partial charge < -0.3 is 10.1 Å². The molecule has 0 amide bonds. The molecule has 0 radical (unpaired) electrons. The maximum Gasteiger partial charge on any atom is 0.0731 e. The van der Waals surface area contributed by atoms with Crippen molar-refractivity contribution in [2.24, 2.45) is 0 Å². The van der Waals surface area contributed by atoms with Crippen LogP contribution in [0, 0.1) is 0 Å². The van der Waals surface area contributed by atoms with E-state index >= 15 is 0 Å². The van der Waals surface area contributed by atoms with E-state index < -0.39 is 0 Å². The van der Waals surface area contributed by atoms with Crippen LogP contribution in [0.5, 0.6) is 0 Å². The molecule has 1 heterocycles. The Bertz CT molecular complexity index is 240. The molecule has 2 atom stereocenters. The summed E-state index contributed by atoms with van der Waals surface area (Å²) in [6.45, 7) is 8.06. The first-order chi connectivity index (χ1) is 7.81. The lowest BCUT2D eigenvalue weighted by Gasteiger charge is -2.44. The van der Waals surface area contributed by atoms with Gasteiger partial charge in [0.25, 0.3) is 0 Å². The van der Waals surface area contributed by atoms with Crippen molar-refractivity contribution in [2.45, 2.75) is 37.8 Å². The Morgan fingerprint density at radius 1 is 1.44 bits per heavy atom. The summed E-state index contributed by atoms with van der Waals surface area (Å²) in [5.74, 6) is 0. The van der Waals surface area contributed by atoms with E-state index in [2.05, 4.69) is 16.8 Å². The Balaban J connectivity index is 1.89. The smallest absolute Gasteiger partial charge is 0.0731 e. The van der Waals surface area contributed by atoms with Gasteiger partial charge in [-0.05, 0) is 25.5 Å². The largest absolute Gasteiger partial charge is 0.375 e. The van der Waals surface area contributed by atoms with Gasteiger partial charge in [0.15, 0.2) is 0 Å². The first-order valence-corrected chi connectivity index (χ1v) is 6.48. The number of likely N-dealkylation sites (N-methyl/N-ethyl adjacent to an activating group) is 1. The maximum absolute atomic E-state index is 5.87. The molecular formula is C13H24N2O. The third kappa shape index (κ3) is 2.84. The average Bonchev–Trinajstić information content (AvgIpc) is 2.30. The van der Waals surface area contributed by atoms with Crippen molar-refractivity contribution in [3.05, 3.63) is 12.2 Å². The van der Waals surface area contributed by atoms with E-state index in [-0.39, 0.29) is 0 Å². The zero-order valence-corrected chi connectivity index (χ0v) is 10.4. The predicted octanol–water partition coefficient (Wildman–Crippen LogP) is 1.41. The number of morpholine rings is 1. The molecule has 3 nitrogen and oxygen atoms in total. The van der Waals surface area contributed by atoms with Crippen molar-refractivity contribution >= 4 is 0 Å². The quantitative estimate of drug-likeness (QED) is 0.731. The van der Waals surface area contributed by atoms with Crippen LogP contribution in [0.4, 0.5) is 0 Å². The molecule has 3 heteroatoms. The van der Waals surface area contributed by atoms with Gasteiger partial charge >= 0.3 is 0 Å². The van der Waals surface area contributed by atoms with Crippen LogP contribution in [0.2, 0.25) is 0 Å². The fourth-order valence-electron chi connectivity index (χ4n) is 2.97. The fraction of sp³-hybridized carbons (Fsp3) is 0.846. The molecule has 0 aromatic heterocycles. The standard InChI is InChI=1S/C13H24N2O/c1-11(9-14-2)10-15-7-8-16-13-6-4-3-5-12(13)15/h12-14H,1,3-10H2,2H3. The third-order valence-corrected chi connectivity index (χ3v) is 3.70. The van der Waals surface area contributed by atoms with Crippen molar-refractivity contribution in [3.8, 4) is 0 Å². The molecule has 1 N–H and O–H groups in total. The highest BCUT2D eigenvalue weighted by Gasteiger charge is 2.33. The number of ether oxygens (including phenoxy) is 1. The molecule has 92 valence electrons. The lowest BCUT2D eigenvalue weighted by atomic mass is 9.90. The number of nitrogens with zero attached hydrogens (tertiary/aromatic N) is 1. The minimum Gasteiger partial charge on any atom is -0.375 e. The number of nitrogens with one attached hydrogen (secondary N) is 1. The number of hydrogen-bond acceptors (Lipinski definition) is 3. The molecule has 1 saturated heterocycles. The second-order valence-corrected chi connectivity index (χ2v) is 5.01. The second kappa shape index (κ2) is 5.80. The molecule has 0 aromatic rings. The van der Waals surface area contributed by atoms with Gasteiger partial charge in [-0.25, -0.2) is 0 Å². The predicted molar refractivity (Wildman–Crippen MR) is 66.6 cm³/mol. The number of rotatable bonds is 4. The maximum atomic E-state index is 5.87. The highest BCUT2D eigenvalue weighted by atomic mass is 16.5. The van der Waals surface area contributed by atoms with Gasteiger partial charge in [0.1, 0.15) is 0 Å². The molecular weight excluding hydrogens is 200 g/mol. The van der Waals surface area contributed by atoms with E-state index in [1.165, 1.54) is 31.3 Å². The summed E-state index contributed by atoms with van der Waals surface area (Å²) in [6.07, 6.45) is 5.74. The van der Waals surface area contributed by atoms with Crippen LogP contribution >= 0.6 is 0 Å². The van der Waals surface area contributed by atoms with Gasteiger partial charge in [0.05, 0.1) is 12.7 Å².